The molecule has 0 saturated heterocycles. The van der Waals surface area contributed by atoms with Crippen molar-refractivity contribution in [2.75, 3.05) is 0 Å². The number of allylic oxidation sites excluding steroid dienone is 2. The molecule has 4 rings (SSSR count). The first-order valence-electron chi connectivity index (χ1n) is 7.87. The van der Waals surface area contributed by atoms with Gasteiger partial charge in [-0.15, -0.1) is 0 Å². The van der Waals surface area contributed by atoms with Gasteiger partial charge in [-0.05, 0) is 36.3 Å². The van der Waals surface area contributed by atoms with Gasteiger partial charge in [0.2, 0.25) is 5.91 Å². The fraction of sp³-hybridized carbons (Fsp3) is 0.333. The van der Waals surface area contributed by atoms with Gasteiger partial charge in [0, 0.05) is 28.9 Å². The summed E-state index contributed by atoms with van der Waals surface area (Å²) in [7, 11) is 0. The predicted molar refractivity (Wildman–Crippen MR) is 87.4 cm³/mol. The molecule has 0 radical (unpaired) electrons. The van der Waals surface area contributed by atoms with E-state index in [2.05, 4.69) is 27.9 Å². The number of carbonyl (C=O) groups excluding carboxylic acids is 1. The average Bonchev–Trinajstić information content (AvgIpc) is 3.11. The summed E-state index contributed by atoms with van der Waals surface area (Å²) in [5.74, 6) is 0.240. The first-order valence-corrected chi connectivity index (χ1v) is 7.87. The van der Waals surface area contributed by atoms with E-state index in [0.29, 0.717) is 6.42 Å². The van der Waals surface area contributed by atoms with Gasteiger partial charge in [-0.2, -0.15) is 0 Å². The number of aromatic nitrogens is 2. The number of aliphatic hydroxyl groups excluding tert-OH is 1. The van der Waals surface area contributed by atoms with Gasteiger partial charge in [0.1, 0.15) is 5.65 Å². The van der Waals surface area contributed by atoms with Crippen LogP contribution in [0.25, 0.3) is 11.0 Å². The SMILES string of the molecule is CC1=CC(n2c(CO)cc3cccnc32)C(C)C2=C1NC(=O)C2. The van der Waals surface area contributed by atoms with Crippen LogP contribution in [0.2, 0.25) is 0 Å². The average molecular weight is 309 g/mol. The second kappa shape index (κ2) is 5.06. The van der Waals surface area contributed by atoms with E-state index >= 15 is 0 Å². The molecule has 23 heavy (non-hydrogen) atoms. The monoisotopic (exact) mass is 309 g/mol. The Balaban J connectivity index is 1.88. The Kier molecular flexibility index (Phi) is 3.13. The summed E-state index contributed by atoms with van der Waals surface area (Å²) in [5, 5.41) is 13.8. The van der Waals surface area contributed by atoms with Crippen LogP contribution in [-0.4, -0.2) is 20.6 Å². The second-order valence-electron chi connectivity index (χ2n) is 6.33. The number of amides is 1. The Morgan fingerprint density at radius 2 is 2.30 bits per heavy atom. The lowest BCUT2D eigenvalue weighted by Crippen LogP contribution is -2.24. The Labute approximate surface area is 134 Å². The van der Waals surface area contributed by atoms with Gasteiger partial charge in [-0.1, -0.05) is 13.0 Å². The highest BCUT2D eigenvalue weighted by Gasteiger charge is 2.35. The maximum absolute atomic E-state index is 11.8. The summed E-state index contributed by atoms with van der Waals surface area (Å²) in [6.07, 6.45) is 4.40. The largest absolute Gasteiger partial charge is 0.390 e. The van der Waals surface area contributed by atoms with E-state index in [1.165, 1.54) is 0 Å². The number of hydrogen-bond acceptors (Lipinski definition) is 3. The molecule has 2 N–H and O–H groups in total. The van der Waals surface area contributed by atoms with Crippen molar-refractivity contribution in [2.45, 2.75) is 32.9 Å². The third-order valence-corrected chi connectivity index (χ3v) is 4.95. The number of nitrogens with zero attached hydrogens (tertiary/aromatic N) is 2. The van der Waals surface area contributed by atoms with Crippen LogP contribution >= 0.6 is 0 Å². The van der Waals surface area contributed by atoms with Crippen molar-refractivity contribution in [2.24, 2.45) is 5.92 Å². The minimum absolute atomic E-state index is 0.0322. The first kappa shape index (κ1) is 14.2. The number of pyridine rings is 1. The van der Waals surface area contributed by atoms with Gasteiger partial charge in [0.25, 0.3) is 0 Å². The van der Waals surface area contributed by atoms with Gasteiger partial charge in [-0.3, -0.25) is 4.79 Å². The molecular weight excluding hydrogens is 290 g/mol. The zero-order valence-electron chi connectivity index (χ0n) is 13.2. The molecule has 0 bridgehead atoms. The standard InChI is InChI=1S/C18H19N3O2/c1-10-6-15(11(2)14-8-16(23)20-17(10)14)21-13(9-22)7-12-4-3-5-19-18(12)21/h3-7,11,15,22H,8-9H2,1-2H3,(H,20,23). The quantitative estimate of drug-likeness (QED) is 0.895. The smallest absolute Gasteiger partial charge is 0.228 e. The maximum atomic E-state index is 11.8. The van der Waals surface area contributed by atoms with E-state index in [-0.39, 0.29) is 24.5 Å². The van der Waals surface area contributed by atoms with Crippen molar-refractivity contribution in [1.29, 1.82) is 0 Å². The fourth-order valence-corrected chi connectivity index (χ4v) is 3.82. The highest BCUT2D eigenvalue weighted by molar-refractivity contribution is 5.86. The number of carbonyl (C=O) groups is 1. The molecule has 2 aromatic rings. The van der Waals surface area contributed by atoms with Gasteiger partial charge in [0.05, 0.1) is 19.1 Å². The highest BCUT2D eigenvalue weighted by Crippen LogP contribution is 2.41. The minimum Gasteiger partial charge on any atom is -0.390 e. The van der Waals surface area contributed by atoms with E-state index < -0.39 is 0 Å². The van der Waals surface area contributed by atoms with E-state index in [1.807, 2.05) is 25.1 Å². The molecule has 1 aliphatic heterocycles. The third-order valence-electron chi connectivity index (χ3n) is 4.95. The minimum atomic E-state index is -0.0322. The zero-order valence-corrected chi connectivity index (χ0v) is 13.2. The Bertz CT molecular complexity index is 876. The molecule has 2 aromatic heterocycles. The maximum Gasteiger partial charge on any atom is 0.228 e. The van der Waals surface area contributed by atoms with Crippen molar-refractivity contribution < 1.29 is 9.90 Å². The van der Waals surface area contributed by atoms with Crippen LogP contribution in [-0.2, 0) is 11.4 Å². The summed E-state index contributed by atoms with van der Waals surface area (Å²) in [6.45, 7) is 4.13. The molecule has 1 amide bonds. The van der Waals surface area contributed by atoms with Crippen molar-refractivity contribution in [3.05, 3.63) is 53.0 Å². The number of hydrogen-bond donors (Lipinski definition) is 2. The molecule has 118 valence electrons. The van der Waals surface area contributed by atoms with Crippen LogP contribution in [0, 0.1) is 5.92 Å². The molecule has 2 aliphatic rings. The normalized spacial score (nSPS) is 24.0. The van der Waals surface area contributed by atoms with Crippen LogP contribution in [0.4, 0.5) is 0 Å². The van der Waals surface area contributed by atoms with Gasteiger partial charge in [0.15, 0.2) is 0 Å². The van der Waals surface area contributed by atoms with Crippen molar-refractivity contribution in [1.82, 2.24) is 14.9 Å². The Morgan fingerprint density at radius 1 is 1.48 bits per heavy atom. The third kappa shape index (κ3) is 2.04. The van der Waals surface area contributed by atoms with Gasteiger partial charge >= 0.3 is 0 Å². The molecule has 2 atom stereocenters. The Hall–Kier alpha value is -2.40. The summed E-state index contributed by atoms with van der Waals surface area (Å²) < 4.78 is 2.11. The molecule has 2 unspecified atom stereocenters. The molecule has 5 nitrogen and oxygen atoms in total. The van der Waals surface area contributed by atoms with Crippen LogP contribution in [0.15, 0.2) is 47.3 Å². The van der Waals surface area contributed by atoms with Gasteiger partial charge in [-0.25, -0.2) is 4.98 Å². The van der Waals surface area contributed by atoms with Crippen molar-refractivity contribution >= 4 is 16.9 Å². The Morgan fingerprint density at radius 3 is 3.09 bits per heavy atom. The van der Waals surface area contributed by atoms with E-state index in [9.17, 15) is 9.90 Å². The summed E-state index contributed by atoms with van der Waals surface area (Å²) in [5.41, 5.74) is 4.94. The lowest BCUT2D eigenvalue weighted by molar-refractivity contribution is -0.118. The van der Waals surface area contributed by atoms with E-state index in [4.69, 9.17) is 0 Å². The number of rotatable bonds is 2. The molecular formula is C18H19N3O2. The van der Waals surface area contributed by atoms with Crippen LogP contribution < -0.4 is 5.32 Å². The van der Waals surface area contributed by atoms with Crippen LogP contribution in [0.3, 0.4) is 0 Å². The van der Waals surface area contributed by atoms with E-state index in [1.54, 1.807) is 6.20 Å². The zero-order chi connectivity index (χ0) is 16.1. The number of nitrogens with one attached hydrogen (secondary N) is 1. The molecule has 3 heterocycles. The lowest BCUT2D eigenvalue weighted by atomic mass is 9.83. The molecule has 0 saturated carbocycles. The van der Waals surface area contributed by atoms with Crippen molar-refractivity contribution in [3.63, 3.8) is 0 Å². The first-order chi connectivity index (χ1) is 11.1. The molecule has 0 fully saturated rings. The number of aliphatic hydroxyl groups is 1. The van der Waals surface area contributed by atoms with Crippen LogP contribution in [0.1, 0.15) is 32.0 Å². The fourth-order valence-electron chi connectivity index (χ4n) is 3.82. The van der Waals surface area contributed by atoms with Crippen LogP contribution in [0.5, 0.6) is 0 Å². The molecule has 0 aromatic carbocycles. The topological polar surface area (TPSA) is 67.2 Å². The summed E-state index contributed by atoms with van der Waals surface area (Å²) >= 11 is 0. The predicted octanol–water partition coefficient (Wildman–Crippen LogP) is 2.44. The van der Waals surface area contributed by atoms with Gasteiger partial charge < -0.3 is 15.0 Å². The summed E-state index contributed by atoms with van der Waals surface area (Å²) in [6, 6.07) is 5.95. The lowest BCUT2D eigenvalue weighted by Gasteiger charge is -2.31. The second-order valence-corrected chi connectivity index (χ2v) is 6.33. The molecule has 1 aliphatic carbocycles. The summed E-state index contributed by atoms with van der Waals surface area (Å²) in [4.78, 5) is 16.3. The molecule has 5 heteroatoms. The molecule has 0 spiro atoms. The van der Waals surface area contributed by atoms with E-state index in [0.717, 1.165) is 33.6 Å². The number of fused-ring (bicyclic) bond motifs is 1. The van der Waals surface area contributed by atoms with Crippen molar-refractivity contribution in [3.8, 4) is 0 Å². The highest BCUT2D eigenvalue weighted by atomic mass is 16.3.